The number of rotatable bonds is 7. The molecule has 0 aromatic heterocycles. The van der Waals surface area contributed by atoms with Gasteiger partial charge in [-0.05, 0) is 30.4 Å². The van der Waals surface area contributed by atoms with E-state index in [1.807, 2.05) is 24.3 Å². The third kappa shape index (κ3) is 4.71. The van der Waals surface area contributed by atoms with Gasteiger partial charge in [0.05, 0.1) is 6.61 Å². The van der Waals surface area contributed by atoms with Gasteiger partial charge in [-0.3, -0.25) is 0 Å². The average Bonchev–Trinajstić information content (AvgIpc) is 2.48. The predicted molar refractivity (Wildman–Crippen MR) is 75.4 cm³/mol. The zero-order valence-corrected chi connectivity index (χ0v) is 11.9. The summed E-state index contributed by atoms with van der Waals surface area (Å²) in [5.41, 5.74) is 2.18. The number of carbonyl (C=O) groups excluding carboxylic acids is 1. The van der Waals surface area contributed by atoms with Crippen molar-refractivity contribution < 1.29 is 19.0 Å². The molecule has 1 aromatic rings. The molecule has 2 unspecified atom stereocenters. The Bertz CT molecular complexity index is 413. The van der Waals surface area contributed by atoms with Crippen LogP contribution in [0.2, 0.25) is 0 Å². The fourth-order valence-electron chi connectivity index (χ4n) is 2.39. The van der Waals surface area contributed by atoms with E-state index in [1.54, 1.807) is 7.11 Å². The number of hydrogen-bond acceptors (Lipinski definition) is 4. The van der Waals surface area contributed by atoms with E-state index in [0.29, 0.717) is 13.0 Å². The van der Waals surface area contributed by atoms with Crippen molar-refractivity contribution in [1.29, 1.82) is 0 Å². The van der Waals surface area contributed by atoms with E-state index in [0.717, 1.165) is 43.3 Å². The van der Waals surface area contributed by atoms with Gasteiger partial charge >= 0.3 is 0 Å². The maximum Gasteiger partial charge on any atom is 0.158 e. The van der Waals surface area contributed by atoms with Crippen molar-refractivity contribution >= 4 is 6.29 Å². The van der Waals surface area contributed by atoms with Gasteiger partial charge in [0.2, 0.25) is 0 Å². The van der Waals surface area contributed by atoms with Gasteiger partial charge < -0.3 is 19.0 Å². The molecule has 0 aliphatic carbocycles. The standard InChI is InChI=1S/C16H22O4/c1-18-12-14-6-4-5-13(9-14)10-15(11-17)20-16-7-2-3-8-19-16/h4-6,9,11,15-16H,2-3,7-8,10,12H2,1H3. The number of carbonyl (C=O) groups is 1. The molecule has 2 rings (SSSR count). The fraction of sp³-hybridized carbons (Fsp3) is 0.562. The number of benzene rings is 1. The molecule has 4 heteroatoms. The zero-order valence-electron chi connectivity index (χ0n) is 11.9. The molecule has 0 bridgehead atoms. The molecular weight excluding hydrogens is 256 g/mol. The quantitative estimate of drug-likeness (QED) is 0.719. The molecule has 1 fully saturated rings. The molecule has 1 saturated heterocycles. The first kappa shape index (κ1) is 15.2. The summed E-state index contributed by atoms with van der Waals surface area (Å²) in [6.07, 6.45) is 3.79. The third-order valence-electron chi connectivity index (χ3n) is 3.36. The summed E-state index contributed by atoms with van der Waals surface area (Å²) in [7, 11) is 1.67. The van der Waals surface area contributed by atoms with Crippen LogP contribution in [-0.2, 0) is 32.0 Å². The van der Waals surface area contributed by atoms with Gasteiger partial charge in [0.25, 0.3) is 0 Å². The van der Waals surface area contributed by atoms with Crippen LogP contribution in [0.3, 0.4) is 0 Å². The van der Waals surface area contributed by atoms with Crippen LogP contribution in [0, 0.1) is 0 Å². The molecule has 20 heavy (non-hydrogen) atoms. The van der Waals surface area contributed by atoms with Crippen molar-refractivity contribution in [1.82, 2.24) is 0 Å². The van der Waals surface area contributed by atoms with Crippen LogP contribution in [0.5, 0.6) is 0 Å². The first-order valence-corrected chi connectivity index (χ1v) is 7.11. The monoisotopic (exact) mass is 278 g/mol. The summed E-state index contributed by atoms with van der Waals surface area (Å²) in [5, 5.41) is 0. The molecule has 1 aromatic carbocycles. The normalized spacial score (nSPS) is 20.6. The van der Waals surface area contributed by atoms with Gasteiger partial charge in [-0.25, -0.2) is 0 Å². The Hall–Kier alpha value is -1.23. The van der Waals surface area contributed by atoms with E-state index in [-0.39, 0.29) is 6.29 Å². The zero-order chi connectivity index (χ0) is 14.2. The molecular formula is C16H22O4. The molecule has 2 atom stereocenters. The maximum atomic E-state index is 11.2. The van der Waals surface area contributed by atoms with E-state index in [4.69, 9.17) is 14.2 Å². The lowest BCUT2D eigenvalue weighted by Gasteiger charge is -2.25. The molecule has 0 saturated carbocycles. The minimum absolute atomic E-state index is 0.235. The summed E-state index contributed by atoms with van der Waals surface area (Å²) in [6, 6.07) is 8.03. The summed E-state index contributed by atoms with van der Waals surface area (Å²) >= 11 is 0. The predicted octanol–water partition coefficient (Wildman–Crippen LogP) is 2.49. The second-order valence-electron chi connectivity index (χ2n) is 5.06. The smallest absolute Gasteiger partial charge is 0.158 e. The van der Waals surface area contributed by atoms with Crippen LogP contribution in [0.15, 0.2) is 24.3 Å². The number of methoxy groups -OCH3 is 1. The maximum absolute atomic E-state index is 11.2. The molecule has 0 radical (unpaired) electrons. The first-order valence-electron chi connectivity index (χ1n) is 7.11. The van der Waals surface area contributed by atoms with Crippen molar-refractivity contribution in [2.45, 2.75) is 44.7 Å². The summed E-state index contributed by atoms with van der Waals surface area (Å²) in [5.74, 6) is 0. The van der Waals surface area contributed by atoms with Crippen LogP contribution in [0.25, 0.3) is 0 Å². The highest BCUT2D eigenvalue weighted by molar-refractivity contribution is 5.57. The Kier molecular flexibility index (Phi) is 6.18. The first-order chi connectivity index (χ1) is 9.81. The summed E-state index contributed by atoms with van der Waals surface area (Å²) < 4.78 is 16.3. The Balaban J connectivity index is 1.91. The minimum Gasteiger partial charge on any atom is -0.380 e. The molecule has 1 aliphatic rings. The topological polar surface area (TPSA) is 44.8 Å². The van der Waals surface area contributed by atoms with Crippen LogP contribution in [0.4, 0.5) is 0 Å². The lowest BCUT2D eigenvalue weighted by Crippen LogP contribution is -2.30. The highest BCUT2D eigenvalue weighted by atomic mass is 16.7. The van der Waals surface area contributed by atoms with Crippen LogP contribution in [0.1, 0.15) is 30.4 Å². The summed E-state index contributed by atoms with van der Waals surface area (Å²) in [4.78, 5) is 11.2. The van der Waals surface area contributed by atoms with Gasteiger partial charge in [-0.2, -0.15) is 0 Å². The van der Waals surface area contributed by atoms with Crippen molar-refractivity contribution in [3.05, 3.63) is 35.4 Å². The Labute approximate surface area is 120 Å². The van der Waals surface area contributed by atoms with Gasteiger partial charge in [0.15, 0.2) is 6.29 Å². The molecule has 0 spiro atoms. The second kappa shape index (κ2) is 8.15. The molecule has 0 N–H and O–H groups in total. The Morgan fingerprint density at radius 1 is 1.40 bits per heavy atom. The van der Waals surface area contributed by atoms with Crippen LogP contribution in [-0.4, -0.2) is 32.4 Å². The molecule has 0 amide bonds. The van der Waals surface area contributed by atoms with E-state index < -0.39 is 6.10 Å². The molecule has 4 nitrogen and oxygen atoms in total. The van der Waals surface area contributed by atoms with Gasteiger partial charge in [0, 0.05) is 20.1 Å². The van der Waals surface area contributed by atoms with Crippen molar-refractivity contribution in [2.24, 2.45) is 0 Å². The second-order valence-corrected chi connectivity index (χ2v) is 5.06. The summed E-state index contributed by atoms with van der Waals surface area (Å²) in [6.45, 7) is 1.30. The van der Waals surface area contributed by atoms with E-state index in [1.165, 1.54) is 0 Å². The van der Waals surface area contributed by atoms with Crippen molar-refractivity contribution in [3.8, 4) is 0 Å². The Morgan fingerprint density at radius 2 is 2.25 bits per heavy atom. The molecule has 1 aliphatic heterocycles. The van der Waals surface area contributed by atoms with Crippen molar-refractivity contribution in [2.75, 3.05) is 13.7 Å². The van der Waals surface area contributed by atoms with Gasteiger partial charge in [-0.1, -0.05) is 24.3 Å². The Morgan fingerprint density at radius 3 is 2.95 bits per heavy atom. The lowest BCUT2D eigenvalue weighted by atomic mass is 10.1. The van der Waals surface area contributed by atoms with Gasteiger partial charge in [-0.15, -0.1) is 0 Å². The van der Waals surface area contributed by atoms with E-state index >= 15 is 0 Å². The fourth-order valence-corrected chi connectivity index (χ4v) is 2.39. The van der Waals surface area contributed by atoms with E-state index in [2.05, 4.69) is 0 Å². The van der Waals surface area contributed by atoms with E-state index in [9.17, 15) is 4.79 Å². The number of hydrogen-bond donors (Lipinski definition) is 0. The SMILES string of the molecule is COCc1cccc(CC(C=O)OC2CCCCO2)c1. The van der Waals surface area contributed by atoms with Crippen LogP contribution < -0.4 is 0 Å². The highest BCUT2D eigenvalue weighted by Gasteiger charge is 2.19. The molecule has 110 valence electrons. The highest BCUT2D eigenvalue weighted by Crippen LogP contribution is 2.17. The van der Waals surface area contributed by atoms with Crippen molar-refractivity contribution in [3.63, 3.8) is 0 Å². The minimum atomic E-state index is -0.448. The average molecular weight is 278 g/mol. The lowest BCUT2D eigenvalue weighted by molar-refractivity contribution is -0.186. The van der Waals surface area contributed by atoms with Gasteiger partial charge in [0.1, 0.15) is 12.4 Å². The van der Waals surface area contributed by atoms with Crippen LogP contribution >= 0.6 is 0 Å². The number of aldehydes is 1. The third-order valence-corrected chi connectivity index (χ3v) is 3.36. The number of ether oxygens (including phenoxy) is 3. The molecule has 1 heterocycles. The largest absolute Gasteiger partial charge is 0.380 e.